The summed E-state index contributed by atoms with van der Waals surface area (Å²) in [6, 6.07) is 83.5. The summed E-state index contributed by atoms with van der Waals surface area (Å²) in [7, 11) is -2.85. The summed E-state index contributed by atoms with van der Waals surface area (Å²) in [6.07, 6.45) is 0. The van der Waals surface area contributed by atoms with Crippen LogP contribution in [0.15, 0.2) is 229 Å². The van der Waals surface area contributed by atoms with Crippen molar-refractivity contribution in [2.45, 2.75) is 26.2 Å². The Kier molecular flexibility index (Phi) is 8.66. The molecular formula is C64H46BNO2Si. The molecule has 326 valence electrons. The predicted molar refractivity (Wildman–Crippen MR) is 292 cm³/mol. The zero-order valence-electron chi connectivity index (χ0n) is 38.7. The fourth-order valence-electron chi connectivity index (χ4n) is 12.1. The zero-order chi connectivity index (χ0) is 46.0. The SMILES string of the molecule is CC(C)(C)c1ccc(N2c3cc4c(cc3B3c5ccccc5Oc5cc(-c6cccc7oc8ccccc8c67)cc2c53)[Si](c2ccccc2)(c2ccccc2)c2ccccc2-4)c(-c2ccccc2)c1. The highest BCUT2D eigenvalue weighted by atomic mass is 28.3. The molecule has 3 aliphatic rings. The third kappa shape index (κ3) is 5.81. The van der Waals surface area contributed by atoms with E-state index in [2.05, 4.69) is 244 Å². The van der Waals surface area contributed by atoms with Crippen LogP contribution in [0.2, 0.25) is 0 Å². The summed E-state index contributed by atoms with van der Waals surface area (Å²) in [5.74, 6) is 1.76. The summed E-state index contributed by atoms with van der Waals surface area (Å²) in [4.78, 5) is 2.59. The van der Waals surface area contributed by atoms with Crippen LogP contribution in [-0.4, -0.2) is 14.8 Å². The molecule has 0 N–H and O–H groups in total. The minimum Gasteiger partial charge on any atom is -0.458 e. The minimum absolute atomic E-state index is 0.0665. The van der Waals surface area contributed by atoms with Gasteiger partial charge in [0.1, 0.15) is 22.7 Å². The third-order valence-corrected chi connectivity index (χ3v) is 20.0. The van der Waals surface area contributed by atoms with E-state index in [0.29, 0.717) is 0 Å². The van der Waals surface area contributed by atoms with E-state index in [4.69, 9.17) is 9.15 Å². The van der Waals surface area contributed by atoms with E-state index in [0.717, 1.165) is 55.9 Å². The van der Waals surface area contributed by atoms with E-state index in [1.54, 1.807) is 0 Å². The quantitative estimate of drug-likeness (QED) is 0.161. The molecule has 4 heterocycles. The maximum atomic E-state index is 7.23. The van der Waals surface area contributed by atoms with Crippen LogP contribution in [0.3, 0.4) is 0 Å². The van der Waals surface area contributed by atoms with E-state index >= 15 is 0 Å². The van der Waals surface area contributed by atoms with Crippen molar-refractivity contribution in [1.82, 2.24) is 0 Å². The standard InChI is InChI=1S/C64H46BNO2Si/c1-64(2,3)43-34-35-53(49(38-43)41-20-7-4-8-21-41)66-54-39-50-47-26-14-18-33-60(47)69(44-22-9-5-10-23-44,45-24-11-6-12-25-45)61(50)40-52(54)65-51-29-15-17-31-57(51)68-59-37-42(36-55(66)63(59)65)46-28-19-32-58-62(46)48-27-13-16-30-56(48)67-58/h4-40H,1-3H3. The van der Waals surface area contributed by atoms with Crippen LogP contribution in [0.5, 0.6) is 11.5 Å². The second kappa shape index (κ2) is 14.9. The number of anilines is 3. The Morgan fingerprint density at radius 2 is 1.10 bits per heavy atom. The Balaban J connectivity index is 1.13. The van der Waals surface area contributed by atoms with Gasteiger partial charge in [-0.15, -0.1) is 0 Å². The molecule has 14 rings (SSSR count). The van der Waals surface area contributed by atoms with Crippen LogP contribution < -0.4 is 46.8 Å². The molecule has 1 aromatic heterocycles. The first-order valence-electron chi connectivity index (χ1n) is 24.1. The van der Waals surface area contributed by atoms with Gasteiger partial charge in [0.05, 0.1) is 5.69 Å². The Labute approximate surface area is 404 Å². The summed E-state index contributed by atoms with van der Waals surface area (Å²) >= 11 is 0. The van der Waals surface area contributed by atoms with Gasteiger partial charge in [-0.3, -0.25) is 0 Å². The third-order valence-electron chi connectivity index (χ3n) is 15.2. The molecule has 0 fully saturated rings. The van der Waals surface area contributed by atoms with E-state index in [1.165, 1.54) is 70.6 Å². The molecule has 3 aliphatic heterocycles. The number of hydrogen-bond acceptors (Lipinski definition) is 3. The lowest BCUT2D eigenvalue weighted by atomic mass is 9.34. The van der Waals surface area contributed by atoms with Crippen molar-refractivity contribution in [3.63, 3.8) is 0 Å². The van der Waals surface area contributed by atoms with Crippen molar-refractivity contribution in [3.05, 3.63) is 230 Å². The number of benzene rings is 10. The number of para-hydroxylation sites is 2. The van der Waals surface area contributed by atoms with Crippen molar-refractivity contribution in [2.75, 3.05) is 4.90 Å². The molecule has 0 saturated heterocycles. The topological polar surface area (TPSA) is 25.6 Å². The number of ether oxygens (including phenoxy) is 1. The second-order valence-electron chi connectivity index (χ2n) is 19.9. The highest BCUT2D eigenvalue weighted by Crippen LogP contribution is 2.49. The zero-order valence-corrected chi connectivity index (χ0v) is 39.7. The maximum Gasteiger partial charge on any atom is 0.256 e. The summed E-state index contributed by atoms with van der Waals surface area (Å²) in [5.41, 5.74) is 17.2. The molecule has 10 aromatic carbocycles. The first kappa shape index (κ1) is 40.0. The second-order valence-corrected chi connectivity index (χ2v) is 23.7. The normalized spacial score (nSPS) is 13.9. The largest absolute Gasteiger partial charge is 0.458 e. The predicted octanol–water partition coefficient (Wildman–Crippen LogP) is 12.0. The fraction of sp³-hybridized carbons (Fsp3) is 0.0625. The van der Waals surface area contributed by atoms with E-state index < -0.39 is 8.07 Å². The van der Waals surface area contributed by atoms with Gasteiger partial charge in [0.2, 0.25) is 0 Å². The molecule has 0 amide bonds. The number of hydrogen-bond donors (Lipinski definition) is 0. The number of nitrogens with zero attached hydrogens (tertiary/aromatic N) is 1. The van der Waals surface area contributed by atoms with Crippen LogP contribution >= 0.6 is 0 Å². The van der Waals surface area contributed by atoms with Crippen LogP contribution in [0.25, 0.3) is 55.3 Å². The lowest BCUT2D eigenvalue weighted by molar-refractivity contribution is 0.488. The molecule has 69 heavy (non-hydrogen) atoms. The molecule has 0 saturated carbocycles. The lowest BCUT2D eigenvalue weighted by Gasteiger charge is -2.42. The van der Waals surface area contributed by atoms with Gasteiger partial charge in [-0.25, -0.2) is 0 Å². The van der Waals surface area contributed by atoms with Gasteiger partial charge in [0.25, 0.3) is 6.71 Å². The van der Waals surface area contributed by atoms with Crippen molar-refractivity contribution in [1.29, 1.82) is 0 Å². The smallest absolute Gasteiger partial charge is 0.256 e. The highest BCUT2D eigenvalue weighted by molar-refractivity contribution is 7.22. The van der Waals surface area contributed by atoms with Crippen LogP contribution in [0, 0.1) is 0 Å². The number of rotatable bonds is 5. The molecule has 0 radical (unpaired) electrons. The molecule has 5 heteroatoms. The molecule has 11 aromatic rings. The number of furan rings is 1. The Morgan fingerprint density at radius 1 is 0.435 bits per heavy atom. The lowest BCUT2D eigenvalue weighted by Crippen LogP contribution is -2.73. The highest BCUT2D eigenvalue weighted by Gasteiger charge is 2.51. The molecule has 0 aliphatic carbocycles. The van der Waals surface area contributed by atoms with Crippen LogP contribution in [0.4, 0.5) is 17.1 Å². The van der Waals surface area contributed by atoms with Crippen LogP contribution in [-0.2, 0) is 5.41 Å². The first-order chi connectivity index (χ1) is 33.9. The van der Waals surface area contributed by atoms with Gasteiger partial charge in [-0.2, -0.15) is 0 Å². The molecule has 0 atom stereocenters. The molecular weight excluding hydrogens is 854 g/mol. The van der Waals surface area contributed by atoms with Gasteiger partial charge in [0.15, 0.2) is 8.07 Å². The van der Waals surface area contributed by atoms with E-state index in [1.807, 2.05) is 6.07 Å². The molecule has 0 bridgehead atoms. The monoisotopic (exact) mass is 899 g/mol. The Bertz CT molecular complexity index is 3830. The average molecular weight is 900 g/mol. The van der Waals surface area contributed by atoms with Gasteiger partial charge in [0, 0.05) is 27.7 Å². The van der Waals surface area contributed by atoms with Gasteiger partial charge < -0.3 is 14.1 Å². The minimum atomic E-state index is -2.85. The summed E-state index contributed by atoms with van der Waals surface area (Å²) in [5, 5.41) is 7.84. The van der Waals surface area contributed by atoms with Crippen molar-refractivity contribution in [2.24, 2.45) is 0 Å². The van der Waals surface area contributed by atoms with E-state index in [9.17, 15) is 0 Å². The van der Waals surface area contributed by atoms with Crippen LogP contribution in [0.1, 0.15) is 26.3 Å². The summed E-state index contributed by atoms with van der Waals surface area (Å²) < 4.78 is 13.7. The first-order valence-corrected chi connectivity index (χ1v) is 26.1. The molecule has 0 unspecified atom stereocenters. The molecule has 0 spiro atoms. The average Bonchev–Trinajstić information content (AvgIpc) is 3.92. The van der Waals surface area contributed by atoms with Gasteiger partial charge in [-0.1, -0.05) is 197 Å². The number of fused-ring (bicyclic) bond motifs is 10. The summed E-state index contributed by atoms with van der Waals surface area (Å²) in [6.45, 7) is 6.82. The molecule has 3 nitrogen and oxygen atoms in total. The van der Waals surface area contributed by atoms with E-state index in [-0.39, 0.29) is 12.1 Å². The van der Waals surface area contributed by atoms with Crippen molar-refractivity contribution in [3.8, 4) is 44.9 Å². The van der Waals surface area contributed by atoms with Crippen molar-refractivity contribution >= 4 is 90.9 Å². The van der Waals surface area contributed by atoms with Gasteiger partial charge >= 0.3 is 0 Å². The Hall–Kier alpha value is -8.12. The fourth-order valence-corrected chi connectivity index (χ4v) is 17.3. The maximum absolute atomic E-state index is 7.23. The van der Waals surface area contributed by atoms with Gasteiger partial charge in [-0.05, 0) is 124 Å². The van der Waals surface area contributed by atoms with Crippen molar-refractivity contribution < 1.29 is 9.15 Å². The Morgan fingerprint density at radius 3 is 1.88 bits per heavy atom.